The van der Waals surface area contributed by atoms with Crippen molar-refractivity contribution in [2.24, 2.45) is 0 Å². The van der Waals surface area contributed by atoms with Crippen LogP contribution in [0.15, 0.2) is 42.5 Å². The lowest BCUT2D eigenvalue weighted by Crippen LogP contribution is -2.27. The van der Waals surface area contributed by atoms with Gasteiger partial charge in [0.05, 0.1) is 17.5 Å². The van der Waals surface area contributed by atoms with E-state index >= 15 is 0 Å². The number of hydrogen-bond acceptors (Lipinski definition) is 6. The minimum atomic E-state index is -3.33. The first-order valence-electron chi connectivity index (χ1n) is 8.39. The average Bonchev–Trinajstić information content (AvgIpc) is 3.09. The summed E-state index contributed by atoms with van der Waals surface area (Å²) in [5.74, 6) is -0.927. The molecule has 0 atom stereocenters. The molecule has 1 aliphatic heterocycles. The summed E-state index contributed by atoms with van der Waals surface area (Å²) >= 11 is 0. The summed E-state index contributed by atoms with van der Waals surface area (Å²) in [4.78, 5) is 24.6. The SMILES string of the molecule is CNc1ccccc1C(=O)OCC(=O)c1ccc2c(c1)CCN2S(C)(=O)=O. The summed E-state index contributed by atoms with van der Waals surface area (Å²) in [6.45, 7) is -0.0208. The number of hydrogen-bond donors (Lipinski definition) is 1. The van der Waals surface area contributed by atoms with Crippen LogP contribution in [-0.2, 0) is 21.2 Å². The molecule has 8 heteroatoms. The van der Waals surface area contributed by atoms with Crippen molar-refractivity contribution >= 4 is 33.2 Å². The van der Waals surface area contributed by atoms with Crippen LogP contribution in [-0.4, -0.2) is 46.6 Å². The van der Waals surface area contributed by atoms with Gasteiger partial charge in [-0.05, 0) is 42.3 Å². The van der Waals surface area contributed by atoms with Gasteiger partial charge in [-0.25, -0.2) is 13.2 Å². The third-order valence-corrected chi connectivity index (χ3v) is 5.59. The van der Waals surface area contributed by atoms with Gasteiger partial charge < -0.3 is 10.1 Å². The topological polar surface area (TPSA) is 92.8 Å². The number of nitrogens with zero attached hydrogens (tertiary/aromatic N) is 1. The van der Waals surface area contributed by atoms with Gasteiger partial charge >= 0.3 is 5.97 Å². The zero-order valence-electron chi connectivity index (χ0n) is 15.1. The van der Waals surface area contributed by atoms with Gasteiger partial charge in [-0.2, -0.15) is 0 Å². The first kappa shape index (κ1) is 18.9. The number of anilines is 2. The third kappa shape index (κ3) is 3.95. The maximum absolute atomic E-state index is 12.4. The summed E-state index contributed by atoms with van der Waals surface area (Å²) in [5, 5.41) is 2.90. The van der Waals surface area contributed by atoms with E-state index in [-0.39, 0.29) is 12.4 Å². The van der Waals surface area contributed by atoms with Crippen LogP contribution < -0.4 is 9.62 Å². The Hall–Kier alpha value is -2.87. The highest BCUT2D eigenvalue weighted by atomic mass is 32.2. The lowest BCUT2D eigenvalue weighted by molar-refractivity contribution is 0.0475. The summed E-state index contributed by atoms with van der Waals surface area (Å²) in [5.41, 5.74) is 2.74. The number of sulfonamides is 1. The quantitative estimate of drug-likeness (QED) is 0.602. The van der Waals surface area contributed by atoms with E-state index in [0.29, 0.717) is 35.5 Å². The number of carbonyl (C=O) groups is 2. The van der Waals surface area contributed by atoms with E-state index in [2.05, 4.69) is 5.32 Å². The van der Waals surface area contributed by atoms with Crippen LogP contribution in [0.25, 0.3) is 0 Å². The molecular formula is C19H20N2O5S. The van der Waals surface area contributed by atoms with Crippen molar-refractivity contribution in [3.63, 3.8) is 0 Å². The molecule has 1 heterocycles. The fourth-order valence-corrected chi connectivity index (χ4v) is 4.02. The molecule has 7 nitrogen and oxygen atoms in total. The lowest BCUT2D eigenvalue weighted by Gasteiger charge is -2.16. The first-order valence-corrected chi connectivity index (χ1v) is 10.2. The number of rotatable bonds is 6. The van der Waals surface area contributed by atoms with Crippen molar-refractivity contribution in [2.45, 2.75) is 6.42 Å². The van der Waals surface area contributed by atoms with E-state index in [1.807, 2.05) is 0 Å². The third-order valence-electron chi connectivity index (χ3n) is 4.41. The predicted molar refractivity (Wildman–Crippen MR) is 103 cm³/mol. The van der Waals surface area contributed by atoms with E-state index in [1.165, 1.54) is 4.31 Å². The maximum Gasteiger partial charge on any atom is 0.340 e. The summed E-state index contributed by atoms with van der Waals surface area (Å²) < 4.78 is 30.0. The van der Waals surface area contributed by atoms with Gasteiger partial charge in [0.1, 0.15) is 0 Å². The highest BCUT2D eigenvalue weighted by Crippen LogP contribution is 2.30. The number of ketones is 1. The van der Waals surface area contributed by atoms with Crippen molar-refractivity contribution in [2.75, 3.05) is 36.1 Å². The van der Waals surface area contributed by atoms with E-state index in [9.17, 15) is 18.0 Å². The van der Waals surface area contributed by atoms with Crippen LogP contribution in [0.5, 0.6) is 0 Å². The van der Waals surface area contributed by atoms with E-state index in [0.717, 1.165) is 11.8 Å². The molecule has 1 N–H and O–H groups in total. The van der Waals surface area contributed by atoms with Crippen molar-refractivity contribution < 1.29 is 22.7 Å². The Morgan fingerprint density at radius 2 is 1.93 bits per heavy atom. The Morgan fingerprint density at radius 3 is 2.63 bits per heavy atom. The van der Waals surface area contributed by atoms with Crippen LogP contribution in [0.3, 0.4) is 0 Å². The molecule has 0 aliphatic carbocycles. The fourth-order valence-electron chi connectivity index (χ4n) is 3.06. The highest BCUT2D eigenvalue weighted by Gasteiger charge is 2.27. The van der Waals surface area contributed by atoms with Crippen molar-refractivity contribution in [1.82, 2.24) is 0 Å². The first-order chi connectivity index (χ1) is 12.8. The zero-order valence-corrected chi connectivity index (χ0v) is 15.9. The zero-order chi connectivity index (χ0) is 19.6. The van der Waals surface area contributed by atoms with Gasteiger partial charge in [-0.3, -0.25) is 9.10 Å². The summed E-state index contributed by atoms with van der Waals surface area (Å²) in [6.07, 6.45) is 1.70. The Morgan fingerprint density at radius 1 is 1.19 bits per heavy atom. The molecule has 0 spiro atoms. The standard InChI is InChI=1S/C19H20N2O5S/c1-20-16-6-4-3-5-15(16)19(23)26-12-18(22)14-7-8-17-13(11-14)9-10-21(17)27(2,24)25/h3-8,11,20H,9-10,12H2,1-2H3. The molecule has 0 amide bonds. The Bertz CT molecular complexity index is 1000. The highest BCUT2D eigenvalue weighted by molar-refractivity contribution is 7.92. The number of Topliss-reactive ketones (excluding diaryl/α,β-unsaturated/α-hetero) is 1. The van der Waals surface area contributed by atoms with Gasteiger partial charge in [-0.1, -0.05) is 12.1 Å². The minimum absolute atomic E-state index is 0.342. The predicted octanol–water partition coefficient (Wildman–Crippen LogP) is 2.09. The van der Waals surface area contributed by atoms with Crippen LogP contribution in [0, 0.1) is 0 Å². The number of para-hydroxylation sites is 1. The molecule has 0 radical (unpaired) electrons. The van der Waals surface area contributed by atoms with E-state index in [1.54, 1.807) is 49.5 Å². The minimum Gasteiger partial charge on any atom is -0.454 e. The van der Waals surface area contributed by atoms with Gasteiger partial charge in [0.2, 0.25) is 10.0 Å². The van der Waals surface area contributed by atoms with Crippen LogP contribution >= 0.6 is 0 Å². The second kappa shape index (κ2) is 7.40. The van der Waals surface area contributed by atoms with Gasteiger partial charge in [0.15, 0.2) is 12.4 Å². The molecule has 0 aromatic heterocycles. The number of nitrogens with one attached hydrogen (secondary N) is 1. The molecule has 27 heavy (non-hydrogen) atoms. The van der Waals surface area contributed by atoms with Crippen LogP contribution in [0.4, 0.5) is 11.4 Å². The molecule has 3 rings (SSSR count). The van der Waals surface area contributed by atoms with Gasteiger partial charge in [0, 0.05) is 24.8 Å². The van der Waals surface area contributed by atoms with Crippen LogP contribution in [0.1, 0.15) is 26.3 Å². The molecule has 142 valence electrons. The average molecular weight is 388 g/mol. The second-order valence-electron chi connectivity index (χ2n) is 6.22. The smallest absolute Gasteiger partial charge is 0.340 e. The fraction of sp³-hybridized carbons (Fsp3) is 0.263. The molecule has 0 saturated carbocycles. The van der Waals surface area contributed by atoms with Crippen LogP contribution in [0.2, 0.25) is 0 Å². The van der Waals surface area contributed by atoms with E-state index < -0.39 is 16.0 Å². The Balaban J connectivity index is 1.70. The Labute approximate surface area is 158 Å². The van der Waals surface area contributed by atoms with Crippen molar-refractivity contribution in [3.05, 3.63) is 59.2 Å². The molecule has 0 bridgehead atoms. The normalized spacial score (nSPS) is 13.2. The maximum atomic E-state index is 12.4. The van der Waals surface area contributed by atoms with Gasteiger partial charge in [0.25, 0.3) is 0 Å². The monoisotopic (exact) mass is 388 g/mol. The second-order valence-corrected chi connectivity index (χ2v) is 8.13. The molecule has 0 fully saturated rings. The molecular weight excluding hydrogens is 368 g/mol. The summed E-state index contributed by atoms with van der Waals surface area (Å²) in [7, 11) is -1.64. The molecule has 0 saturated heterocycles. The number of fused-ring (bicyclic) bond motifs is 1. The molecule has 0 unspecified atom stereocenters. The molecule has 2 aromatic rings. The number of ether oxygens (including phenoxy) is 1. The molecule has 2 aromatic carbocycles. The van der Waals surface area contributed by atoms with E-state index in [4.69, 9.17) is 4.74 Å². The lowest BCUT2D eigenvalue weighted by atomic mass is 10.1. The largest absolute Gasteiger partial charge is 0.454 e. The number of benzene rings is 2. The Kier molecular flexibility index (Phi) is 5.18. The molecule has 1 aliphatic rings. The van der Waals surface area contributed by atoms with Gasteiger partial charge in [-0.15, -0.1) is 0 Å². The van der Waals surface area contributed by atoms with Crippen molar-refractivity contribution in [1.29, 1.82) is 0 Å². The summed E-state index contributed by atoms with van der Waals surface area (Å²) in [6, 6.07) is 11.7. The van der Waals surface area contributed by atoms with Crippen molar-refractivity contribution in [3.8, 4) is 0 Å². The number of carbonyl (C=O) groups excluding carboxylic acids is 2. The number of esters is 1.